The number of hydrogen-bond acceptors (Lipinski definition) is 4. The van der Waals surface area contributed by atoms with Crippen molar-refractivity contribution in [3.8, 4) is 0 Å². The van der Waals surface area contributed by atoms with Crippen molar-refractivity contribution in [3.05, 3.63) is 23.5 Å². The number of carbonyl (C=O) groups excluding carboxylic acids is 1. The fourth-order valence-corrected chi connectivity index (χ4v) is 2.02. The summed E-state index contributed by atoms with van der Waals surface area (Å²) in [6, 6.07) is 0. The van der Waals surface area contributed by atoms with Gasteiger partial charge in [-0.1, -0.05) is 6.08 Å². The molecule has 0 saturated carbocycles. The molecule has 0 heterocycles. The monoisotopic (exact) mass is 297 g/mol. The summed E-state index contributed by atoms with van der Waals surface area (Å²) in [6.07, 6.45) is 7.50. The van der Waals surface area contributed by atoms with Gasteiger partial charge in [0, 0.05) is 6.54 Å². The highest BCUT2D eigenvalue weighted by atomic mass is 16.6. The largest absolute Gasteiger partial charge is 0.491 e. The number of alkyl carbamates (subject to hydrolysis) is 1. The summed E-state index contributed by atoms with van der Waals surface area (Å²) in [6.45, 7) is 6.43. The summed E-state index contributed by atoms with van der Waals surface area (Å²) in [7, 11) is 0. The van der Waals surface area contributed by atoms with Gasteiger partial charge in [0.1, 0.15) is 18.0 Å². The van der Waals surface area contributed by atoms with E-state index >= 15 is 0 Å². The van der Waals surface area contributed by atoms with Gasteiger partial charge in [-0.25, -0.2) is 4.79 Å². The predicted molar refractivity (Wildman–Crippen MR) is 81.9 cm³/mol. The Hall–Kier alpha value is -1.49. The maximum absolute atomic E-state index is 11.5. The SMILES string of the molecule is CC(C)(C)OC(=O)NCCCC1=CCCC=C1OCCO. The first-order chi connectivity index (χ1) is 9.92. The van der Waals surface area contributed by atoms with Gasteiger partial charge in [0.15, 0.2) is 0 Å². The van der Waals surface area contributed by atoms with E-state index in [2.05, 4.69) is 17.5 Å². The van der Waals surface area contributed by atoms with Gasteiger partial charge < -0.3 is 19.9 Å². The fraction of sp³-hybridized carbons (Fsp3) is 0.688. The first kappa shape index (κ1) is 17.6. The number of aliphatic hydroxyl groups is 1. The van der Waals surface area contributed by atoms with Crippen molar-refractivity contribution in [1.29, 1.82) is 0 Å². The lowest BCUT2D eigenvalue weighted by molar-refractivity contribution is 0.0527. The van der Waals surface area contributed by atoms with E-state index in [1.807, 2.05) is 20.8 Å². The number of carbonyl (C=O) groups is 1. The molecule has 5 nitrogen and oxygen atoms in total. The lowest BCUT2D eigenvalue weighted by Crippen LogP contribution is -2.33. The molecule has 120 valence electrons. The summed E-state index contributed by atoms with van der Waals surface area (Å²) in [5.74, 6) is 0.868. The van der Waals surface area contributed by atoms with Crippen LogP contribution in [0.15, 0.2) is 23.5 Å². The van der Waals surface area contributed by atoms with E-state index in [0.29, 0.717) is 13.2 Å². The minimum atomic E-state index is -0.468. The van der Waals surface area contributed by atoms with E-state index in [9.17, 15) is 4.79 Å². The zero-order valence-corrected chi connectivity index (χ0v) is 13.3. The van der Waals surface area contributed by atoms with Gasteiger partial charge in [-0.15, -0.1) is 0 Å². The van der Waals surface area contributed by atoms with Crippen molar-refractivity contribution in [1.82, 2.24) is 5.32 Å². The molecule has 21 heavy (non-hydrogen) atoms. The van der Waals surface area contributed by atoms with Gasteiger partial charge in [0.2, 0.25) is 0 Å². The quantitative estimate of drug-likeness (QED) is 0.709. The third-order valence-electron chi connectivity index (χ3n) is 2.84. The van der Waals surface area contributed by atoms with Crippen molar-refractivity contribution >= 4 is 6.09 Å². The summed E-state index contributed by atoms with van der Waals surface area (Å²) in [5.41, 5.74) is 0.685. The second-order valence-electron chi connectivity index (χ2n) is 5.98. The Morgan fingerprint density at radius 1 is 1.33 bits per heavy atom. The van der Waals surface area contributed by atoms with Gasteiger partial charge in [-0.3, -0.25) is 0 Å². The normalized spacial score (nSPS) is 15.0. The number of ether oxygens (including phenoxy) is 2. The van der Waals surface area contributed by atoms with Crippen LogP contribution >= 0.6 is 0 Å². The van der Waals surface area contributed by atoms with E-state index in [-0.39, 0.29) is 12.7 Å². The molecule has 1 aliphatic rings. The van der Waals surface area contributed by atoms with Crippen LogP contribution in [0, 0.1) is 0 Å². The third-order valence-corrected chi connectivity index (χ3v) is 2.84. The number of rotatable bonds is 7. The van der Waals surface area contributed by atoms with Crippen molar-refractivity contribution in [2.24, 2.45) is 0 Å². The van der Waals surface area contributed by atoms with Crippen LogP contribution in [-0.2, 0) is 9.47 Å². The molecule has 0 aromatic heterocycles. The Bertz CT molecular complexity index is 394. The zero-order valence-electron chi connectivity index (χ0n) is 13.3. The van der Waals surface area contributed by atoms with Gasteiger partial charge in [0.05, 0.1) is 6.61 Å². The molecule has 0 saturated heterocycles. The highest BCUT2D eigenvalue weighted by Crippen LogP contribution is 2.23. The summed E-state index contributed by atoms with van der Waals surface area (Å²) in [4.78, 5) is 11.5. The van der Waals surface area contributed by atoms with Gasteiger partial charge in [-0.2, -0.15) is 0 Å². The fourth-order valence-electron chi connectivity index (χ4n) is 2.02. The maximum atomic E-state index is 11.5. The van der Waals surface area contributed by atoms with Crippen molar-refractivity contribution in [2.45, 2.75) is 52.1 Å². The lowest BCUT2D eigenvalue weighted by Gasteiger charge is -2.20. The Morgan fingerprint density at radius 2 is 2.05 bits per heavy atom. The lowest BCUT2D eigenvalue weighted by atomic mass is 10.0. The van der Waals surface area contributed by atoms with Crippen molar-refractivity contribution in [2.75, 3.05) is 19.8 Å². The molecule has 2 N–H and O–H groups in total. The zero-order chi connectivity index (χ0) is 15.7. The van der Waals surface area contributed by atoms with Gasteiger partial charge in [-0.05, 0) is 58.1 Å². The van der Waals surface area contributed by atoms with Gasteiger partial charge >= 0.3 is 6.09 Å². The molecule has 0 aromatic rings. The van der Waals surface area contributed by atoms with Crippen molar-refractivity contribution in [3.63, 3.8) is 0 Å². The number of nitrogens with one attached hydrogen (secondary N) is 1. The topological polar surface area (TPSA) is 67.8 Å². The van der Waals surface area contributed by atoms with Crippen LogP contribution < -0.4 is 5.32 Å². The van der Waals surface area contributed by atoms with Crippen LogP contribution in [0.25, 0.3) is 0 Å². The molecule has 0 bridgehead atoms. The minimum Gasteiger partial charge on any atom is -0.491 e. The predicted octanol–water partition coefficient (Wildman–Crippen LogP) is 2.90. The Labute approximate surface area is 127 Å². The maximum Gasteiger partial charge on any atom is 0.407 e. The number of hydrogen-bond donors (Lipinski definition) is 2. The molecule has 1 rings (SSSR count). The van der Waals surface area contributed by atoms with Crippen LogP contribution in [0.3, 0.4) is 0 Å². The van der Waals surface area contributed by atoms with Crippen LogP contribution in [0.5, 0.6) is 0 Å². The standard InChI is InChI=1S/C16H27NO4/c1-16(2,3)21-15(19)17-10-6-8-13-7-4-5-9-14(13)20-12-11-18/h7,9,18H,4-6,8,10-12H2,1-3H3,(H,17,19). The van der Waals surface area contributed by atoms with E-state index in [0.717, 1.165) is 37.0 Å². The number of amides is 1. The van der Waals surface area contributed by atoms with Gasteiger partial charge in [0.25, 0.3) is 0 Å². The second-order valence-corrected chi connectivity index (χ2v) is 5.98. The minimum absolute atomic E-state index is 0.0187. The molecular formula is C16H27NO4. The highest BCUT2D eigenvalue weighted by molar-refractivity contribution is 5.67. The van der Waals surface area contributed by atoms with Crippen LogP contribution in [0.1, 0.15) is 46.5 Å². The first-order valence-corrected chi connectivity index (χ1v) is 7.52. The summed E-state index contributed by atoms with van der Waals surface area (Å²) in [5, 5.41) is 11.6. The second kappa shape index (κ2) is 8.72. The Morgan fingerprint density at radius 3 is 2.71 bits per heavy atom. The third kappa shape index (κ3) is 7.75. The van der Waals surface area contributed by atoms with Crippen LogP contribution in [0.4, 0.5) is 4.79 Å². The van der Waals surface area contributed by atoms with E-state index < -0.39 is 5.60 Å². The molecular weight excluding hydrogens is 270 g/mol. The molecule has 5 heteroatoms. The molecule has 0 aromatic carbocycles. The molecule has 0 atom stereocenters. The van der Waals surface area contributed by atoms with Crippen LogP contribution in [0.2, 0.25) is 0 Å². The highest BCUT2D eigenvalue weighted by Gasteiger charge is 2.15. The molecule has 1 aliphatic carbocycles. The van der Waals surface area contributed by atoms with E-state index in [4.69, 9.17) is 14.6 Å². The van der Waals surface area contributed by atoms with E-state index in [1.54, 1.807) is 0 Å². The number of allylic oxidation sites excluding steroid dienone is 3. The van der Waals surface area contributed by atoms with E-state index in [1.165, 1.54) is 0 Å². The number of aliphatic hydroxyl groups excluding tert-OH is 1. The average Bonchev–Trinajstić information content (AvgIpc) is 2.40. The Kier molecular flexibility index (Phi) is 7.29. The average molecular weight is 297 g/mol. The molecule has 0 aliphatic heterocycles. The molecule has 0 radical (unpaired) electrons. The molecule has 1 amide bonds. The van der Waals surface area contributed by atoms with Crippen molar-refractivity contribution < 1.29 is 19.4 Å². The molecule has 0 unspecified atom stereocenters. The first-order valence-electron chi connectivity index (χ1n) is 7.52. The molecule has 0 spiro atoms. The Balaban J connectivity index is 2.26. The summed E-state index contributed by atoms with van der Waals surface area (Å²) >= 11 is 0. The van der Waals surface area contributed by atoms with Crippen LogP contribution in [-0.4, -0.2) is 36.6 Å². The summed E-state index contributed by atoms with van der Waals surface area (Å²) < 4.78 is 10.7. The smallest absolute Gasteiger partial charge is 0.407 e. The molecule has 0 fully saturated rings.